The van der Waals surface area contributed by atoms with E-state index in [1.807, 2.05) is 12.1 Å². The van der Waals surface area contributed by atoms with Gasteiger partial charge in [0.2, 0.25) is 0 Å². The lowest BCUT2D eigenvalue weighted by Crippen LogP contribution is -2.00. The maximum absolute atomic E-state index is 4.42. The highest BCUT2D eigenvalue weighted by Gasteiger charge is 2.19. The number of hydrazone groups is 1. The molecule has 0 aliphatic heterocycles. The fourth-order valence-electron chi connectivity index (χ4n) is 2.80. The topological polar surface area (TPSA) is 63.1 Å². The summed E-state index contributed by atoms with van der Waals surface area (Å²) in [5.74, 6) is 0.796. The molecule has 0 fully saturated rings. The van der Waals surface area contributed by atoms with Gasteiger partial charge >= 0.3 is 0 Å². The number of aromatic nitrogens is 3. The van der Waals surface area contributed by atoms with Crippen molar-refractivity contribution in [3.63, 3.8) is 0 Å². The van der Waals surface area contributed by atoms with Gasteiger partial charge in [-0.3, -0.25) is 10.4 Å². The number of hydrogen-bond acceptors (Lipinski definition) is 6. The Bertz CT molecular complexity index is 825. The average molecular weight is 309 g/mol. The SMILES string of the molecule is C(=N/Nc1ncnc2sc3c(c12)CCCC3)/c1cccnc1. The monoisotopic (exact) mass is 309 g/mol. The van der Waals surface area contributed by atoms with Crippen LogP contribution in [0.5, 0.6) is 0 Å². The van der Waals surface area contributed by atoms with E-state index in [0.717, 1.165) is 34.4 Å². The first-order chi connectivity index (χ1) is 10.9. The molecule has 0 unspecified atom stereocenters. The quantitative estimate of drug-likeness (QED) is 0.595. The van der Waals surface area contributed by atoms with Crippen molar-refractivity contribution in [2.45, 2.75) is 25.7 Å². The lowest BCUT2D eigenvalue weighted by molar-refractivity contribution is 0.700. The van der Waals surface area contributed by atoms with Gasteiger partial charge in [0.05, 0.1) is 11.6 Å². The van der Waals surface area contributed by atoms with Crippen molar-refractivity contribution >= 4 is 33.6 Å². The van der Waals surface area contributed by atoms with Gasteiger partial charge in [0.1, 0.15) is 11.2 Å². The molecule has 0 atom stereocenters. The van der Waals surface area contributed by atoms with Crippen LogP contribution in [0.3, 0.4) is 0 Å². The minimum Gasteiger partial charge on any atom is -0.264 e. The highest BCUT2D eigenvalue weighted by atomic mass is 32.1. The predicted octanol–water partition coefficient (Wildman–Crippen LogP) is 3.41. The molecule has 0 saturated carbocycles. The number of nitrogens with zero attached hydrogens (tertiary/aromatic N) is 4. The first-order valence-corrected chi connectivity index (χ1v) is 8.18. The minimum atomic E-state index is 0.796. The second kappa shape index (κ2) is 5.81. The van der Waals surface area contributed by atoms with Crippen molar-refractivity contribution in [3.05, 3.63) is 46.9 Å². The zero-order valence-electron chi connectivity index (χ0n) is 12.0. The van der Waals surface area contributed by atoms with E-state index in [-0.39, 0.29) is 0 Å². The lowest BCUT2D eigenvalue weighted by Gasteiger charge is -2.11. The molecule has 0 bridgehead atoms. The highest BCUT2D eigenvalue weighted by molar-refractivity contribution is 7.19. The molecule has 0 spiro atoms. The lowest BCUT2D eigenvalue weighted by atomic mass is 9.97. The summed E-state index contributed by atoms with van der Waals surface area (Å²) in [6.07, 6.45) is 11.7. The number of thiophene rings is 1. The van der Waals surface area contributed by atoms with Gasteiger partial charge in [-0.05, 0) is 37.3 Å². The Balaban J connectivity index is 1.67. The van der Waals surface area contributed by atoms with Gasteiger partial charge < -0.3 is 0 Å². The summed E-state index contributed by atoms with van der Waals surface area (Å²) < 4.78 is 0. The molecular formula is C16H15N5S. The van der Waals surface area contributed by atoms with Crippen LogP contribution in [0.2, 0.25) is 0 Å². The standard InChI is InChI=1S/C16H15N5S/c1-2-6-13-12(5-1)14-15(18-10-19-16(14)22-13)21-20-9-11-4-3-7-17-8-11/h3-4,7-10H,1-2,5-6H2,(H,18,19,21)/b20-9-. The largest absolute Gasteiger partial charge is 0.264 e. The summed E-state index contributed by atoms with van der Waals surface area (Å²) in [5.41, 5.74) is 5.43. The molecule has 110 valence electrons. The average Bonchev–Trinajstić information content (AvgIpc) is 2.95. The molecule has 0 radical (unpaired) electrons. The third-order valence-electron chi connectivity index (χ3n) is 3.82. The second-order valence-corrected chi connectivity index (χ2v) is 6.35. The Kier molecular flexibility index (Phi) is 3.52. The van der Waals surface area contributed by atoms with Gasteiger partial charge in [0.15, 0.2) is 5.82 Å². The minimum absolute atomic E-state index is 0.796. The third-order valence-corrected chi connectivity index (χ3v) is 5.02. The van der Waals surface area contributed by atoms with E-state index in [0.29, 0.717) is 0 Å². The molecule has 1 aliphatic rings. The molecule has 22 heavy (non-hydrogen) atoms. The second-order valence-electron chi connectivity index (χ2n) is 5.27. The zero-order chi connectivity index (χ0) is 14.8. The van der Waals surface area contributed by atoms with Crippen LogP contribution in [0.4, 0.5) is 5.82 Å². The van der Waals surface area contributed by atoms with Crippen molar-refractivity contribution in [1.82, 2.24) is 15.0 Å². The van der Waals surface area contributed by atoms with Gasteiger partial charge in [-0.15, -0.1) is 11.3 Å². The Labute approximate surface area is 132 Å². The number of anilines is 1. The van der Waals surface area contributed by atoms with Gasteiger partial charge in [0, 0.05) is 22.8 Å². The molecule has 6 heteroatoms. The number of aryl methyl sites for hydroxylation is 2. The van der Waals surface area contributed by atoms with Crippen LogP contribution >= 0.6 is 11.3 Å². The van der Waals surface area contributed by atoms with Gasteiger partial charge in [-0.25, -0.2) is 9.97 Å². The van der Waals surface area contributed by atoms with Crippen LogP contribution in [0.1, 0.15) is 28.8 Å². The van der Waals surface area contributed by atoms with E-state index in [9.17, 15) is 0 Å². The molecule has 4 rings (SSSR count). The molecule has 0 amide bonds. The summed E-state index contributed by atoms with van der Waals surface area (Å²) in [7, 11) is 0. The van der Waals surface area contributed by atoms with Crippen LogP contribution in [0.15, 0.2) is 36.0 Å². The summed E-state index contributed by atoms with van der Waals surface area (Å²) in [6.45, 7) is 0. The Hall–Kier alpha value is -2.34. The Morgan fingerprint density at radius 3 is 3.09 bits per heavy atom. The number of rotatable bonds is 3. The van der Waals surface area contributed by atoms with Crippen molar-refractivity contribution in [3.8, 4) is 0 Å². The maximum atomic E-state index is 4.42. The summed E-state index contributed by atoms with van der Waals surface area (Å²) in [5, 5.41) is 5.43. The van der Waals surface area contributed by atoms with Crippen LogP contribution in [0, 0.1) is 0 Å². The van der Waals surface area contributed by atoms with Crippen LogP contribution in [0.25, 0.3) is 10.2 Å². The number of pyridine rings is 1. The van der Waals surface area contributed by atoms with Crippen molar-refractivity contribution in [2.75, 3.05) is 5.43 Å². The smallest absolute Gasteiger partial charge is 0.158 e. The molecule has 1 N–H and O–H groups in total. The predicted molar refractivity (Wildman–Crippen MR) is 89.5 cm³/mol. The van der Waals surface area contributed by atoms with E-state index < -0.39 is 0 Å². The van der Waals surface area contributed by atoms with E-state index in [4.69, 9.17) is 0 Å². The van der Waals surface area contributed by atoms with E-state index >= 15 is 0 Å². The van der Waals surface area contributed by atoms with Gasteiger partial charge in [-0.1, -0.05) is 6.07 Å². The summed E-state index contributed by atoms with van der Waals surface area (Å²) in [4.78, 5) is 15.4. The number of nitrogens with one attached hydrogen (secondary N) is 1. The molecule has 5 nitrogen and oxygen atoms in total. The fourth-order valence-corrected chi connectivity index (χ4v) is 4.02. The molecule has 3 heterocycles. The van der Waals surface area contributed by atoms with Crippen LogP contribution in [-0.4, -0.2) is 21.2 Å². The normalized spacial score (nSPS) is 14.4. The summed E-state index contributed by atoms with van der Waals surface area (Å²) in [6, 6.07) is 3.85. The molecule has 3 aromatic heterocycles. The molecular weight excluding hydrogens is 294 g/mol. The zero-order valence-corrected chi connectivity index (χ0v) is 12.8. The maximum Gasteiger partial charge on any atom is 0.158 e. The molecule has 0 aromatic carbocycles. The van der Waals surface area contributed by atoms with E-state index in [1.165, 1.54) is 23.3 Å². The van der Waals surface area contributed by atoms with Crippen LogP contribution in [-0.2, 0) is 12.8 Å². The molecule has 0 saturated heterocycles. The van der Waals surface area contributed by atoms with Gasteiger partial charge in [-0.2, -0.15) is 5.10 Å². The van der Waals surface area contributed by atoms with Crippen molar-refractivity contribution in [1.29, 1.82) is 0 Å². The first kappa shape index (κ1) is 13.3. The van der Waals surface area contributed by atoms with Gasteiger partial charge in [0.25, 0.3) is 0 Å². The summed E-state index contributed by atoms with van der Waals surface area (Å²) >= 11 is 1.79. The molecule has 1 aliphatic carbocycles. The molecule has 3 aromatic rings. The van der Waals surface area contributed by atoms with E-state index in [1.54, 1.807) is 36.3 Å². The Morgan fingerprint density at radius 1 is 1.23 bits per heavy atom. The third kappa shape index (κ3) is 2.46. The van der Waals surface area contributed by atoms with E-state index in [2.05, 4.69) is 25.5 Å². The highest BCUT2D eigenvalue weighted by Crippen LogP contribution is 2.37. The number of fused-ring (bicyclic) bond motifs is 3. The van der Waals surface area contributed by atoms with Crippen molar-refractivity contribution < 1.29 is 0 Å². The first-order valence-electron chi connectivity index (χ1n) is 7.36. The number of hydrogen-bond donors (Lipinski definition) is 1. The fraction of sp³-hybridized carbons (Fsp3) is 0.250. The van der Waals surface area contributed by atoms with Crippen LogP contribution < -0.4 is 5.43 Å². The Morgan fingerprint density at radius 2 is 2.18 bits per heavy atom. The van der Waals surface area contributed by atoms with Crippen molar-refractivity contribution in [2.24, 2.45) is 5.10 Å².